The number of carbonyl (C=O) groups is 2. The minimum absolute atomic E-state index is 0.0170. The maximum Gasteiger partial charge on any atom is 0.269 e. The van der Waals surface area contributed by atoms with Crippen LogP contribution in [-0.4, -0.2) is 66.2 Å². The minimum Gasteiger partial charge on any atom is -0.490 e. The summed E-state index contributed by atoms with van der Waals surface area (Å²) >= 11 is 0. The van der Waals surface area contributed by atoms with Gasteiger partial charge in [0.05, 0.1) is 11.5 Å². The number of ether oxygens (including phenoxy) is 1. The van der Waals surface area contributed by atoms with E-state index in [4.69, 9.17) is 9.94 Å². The van der Waals surface area contributed by atoms with Gasteiger partial charge in [0.25, 0.3) is 18.2 Å². The SMILES string of the molecule is C[C@@](O)(C(F)F)C(NC(=O)c1ccc(C#Cc2ccc(OC3CCS(=O)(=O)CC3)cc2)cc1)C(=O)NO. The van der Waals surface area contributed by atoms with Gasteiger partial charge in [-0.05, 0) is 68.3 Å². The molecule has 0 aliphatic carbocycles. The van der Waals surface area contributed by atoms with Gasteiger partial charge in [-0.25, -0.2) is 22.7 Å². The van der Waals surface area contributed by atoms with Crippen molar-refractivity contribution in [3.05, 3.63) is 65.2 Å². The van der Waals surface area contributed by atoms with Crippen LogP contribution < -0.4 is 15.5 Å². The first-order chi connectivity index (χ1) is 17.4. The van der Waals surface area contributed by atoms with Crippen LogP contribution >= 0.6 is 0 Å². The summed E-state index contributed by atoms with van der Waals surface area (Å²) in [4.78, 5) is 24.2. The summed E-state index contributed by atoms with van der Waals surface area (Å²) < 4.78 is 55.2. The number of rotatable bonds is 7. The Morgan fingerprint density at radius 2 is 1.54 bits per heavy atom. The number of hydrogen-bond donors (Lipinski definition) is 4. The molecule has 1 aliphatic rings. The molecule has 0 saturated carbocycles. The minimum atomic E-state index is -3.38. The van der Waals surface area contributed by atoms with Crippen LogP contribution in [0, 0.1) is 11.8 Å². The molecular formula is C25H26F2N2O7S. The number of carbonyl (C=O) groups excluding carboxylic acids is 2. The highest BCUT2D eigenvalue weighted by atomic mass is 32.2. The average molecular weight is 537 g/mol. The van der Waals surface area contributed by atoms with Gasteiger partial charge in [0.1, 0.15) is 17.9 Å². The molecule has 3 rings (SSSR count). The Morgan fingerprint density at radius 1 is 1.03 bits per heavy atom. The van der Waals surface area contributed by atoms with E-state index in [2.05, 4.69) is 11.8 Å². The van der Waals surface area contributed by atoms with Crippen LogP contribution in [0.5, 0.6) is 5.75 Å². The van der Waals surface area contributed by atoms with E-state index >= 15 is 0 Å². The number of amides is 2. The van der Waals surface area contributed by atoms with Gasteiger partial charge in [0.15, 0.2) is 15.4 Å². The first-order valence-corrected chi connectivity index (χ1v) is 13.1. The van der Waals surface area contributed by atoms with Crippen LogP contribution in [0.4, 0.5) is 8.78 Å². The van der Waals surface area contributed by atoms with Crippen LogP contribution in [0.3, 0.4) is 0 Å². The largest absolute Gasteiger partial charge is 0.490 e. The van der Waals surface area contributed by atoms with Gasteiger partial charge in [-0.1, -0.05) is 11.8 Å². The van der Waals surface area contributed by atoms with E-state index < -0.39 is 39.7 Å². The number of aliphatic hydroxyl groups is 1. The Labute approximate surface area is 212 Å². The highest BCUT2D eigenvalue weighted by Crippen LogP contribution is 2.22. The summed E-state index contributed by atoms with van der Waals surface area (Å²) in [5.41, 5.74) is -0.519. The van der Waals surface area contributed by atoms with Crippen LogP contribution in [-0.2, 0) is 14.6 Å². The lowest BCUT2D eigenvalue weighted by atomic mass is 9.95. The zero-order valence-electron chi connectivity index (χ0n) is 19.8. The molecule has 2 amide bonds. The predicted molar refractivity (Wildman–Crippen MR) is 129 cm³/mol. The second-order valence-electron chi connectivity index (χ2n) is 8.73. The van der Waals surface area contributed by atoms with Crippen molar-refractivity contribution in [3.8, 4) is 17.6 Å². The monoisotopic (exact) mass is 536 g/mol. The van der Waals surface area contributed by atoms with Crippen molar-refractivity contribution in [2.75, 3.05) is 11.5 Å². The number of benzene rings is 2. The van der Waals surface area contributed by atoms with Gasteiger partial charge < -0.3 is 15.2 Å². The molecule has 1 unspecified atom stereocenters. The van der Waals surface area contributed by atoms with Gasteiger partial charge in [0.2, 0.25) is 0 Å². The van der Waals surface area contributed by atoms with E-state index in [1.54, 1.807) is 24.3 Å². The first-order valence-electron chi connectivity index (χ1n) is 11.3. The molecule has 1 heterocycles. The third-order valence-corrected chi connectivity index (χ3v) is 7.55. The van der Waals surface area contributed by atoms with E-state index in [-0.39, 0.29) is 23.2 Å². The number of nitrogens with one attached hydrogen (secondary N) is 2. The van der Waals surface area contributed by atoms with Crippen molar-refractivity contribution in [1.29, 1.82) is 0 Å². The van der Waals surface area contributed by atoms with Crippen molar-refractivity contribution in [2.24, 2.45) is 0 Å². The summed E-state index contributed by atoms with van der Waals surface area (Å²) in [6, 6.07) is 10.7. The zero-order chi connectivity index (χ0) is 27.2. The van der Waals surface area contributed by atoms with E-state index in [9.17, 15) is 31.9 Å². The van der Waals surface area contributed by atoms with Crippen molar-refractivity contribution in [1.82, 2.24) is 10.8 Å². The average Bonchev–Trinajstić information content (AvgIpc) is 2.87. The number of alkyl halides is 2. The van der Waals surface area contributed by atoms with Crippen LogP contribution in [0.1, 0.15) is 41.3 Å². The second kappa shape index (κ2) is 11.7. The third kappa shape index (κ3) is 7.48. The zero-order valence-corrected chi connectivity index (χ0v) is 20.6. The normalized spacial score (nSPS) is 17.6. The van der Waals surface area contributed by atoms with E-state index in [1.807, 2.05) is 5.32 Å². The number of hydroxylamine groups is 1. The number of hydrogen-bond acceptors (Lipinski definition) is 7. The van der Waals surface area contributed by atoms with Crippen molar-refractivity contribution >= 4 is 21.7 Å². The topological polar surface area (TPSA) is 142 Å². The number of halogens is 2. The van der Waals surface area contributed by atoms with E-state index in [0.717, 1.165) is 5.48 Å². The molecule has 2 atom stereocenters. The smallest absolute Gasteiger partial charge is 0.269 e. The molecule has 12 heteroatoms. The van der Waals surface area contributed by atoms with Gasteiger partial charge in [-0.15, -0.1) is 0 Å². The lowest BCUT2D eigenvalue weighted by Crippen LogP contribution is -2.61. The molecule has 1 aliphatic heterocycles. The molecule has 2 aromatic carbocycles. The fourth-order valence-electron chi connectivity index (χ4n) is 3.53. The Hall–Kier alpha value is -3.53. The van der Waals surface area contributed by atoms with Crippen LogP contribution in [0.2, 0.25) is 0 Å². The molecule has 0 radical (unpaired) electrons. The molecular weight excluding hydrogens is 510 g/mol. The van der Waals surface area contributed by atoms with Gasteiger partial charge >= 0.3 is 0 Å². The molecule has 2 aromatic rings. The van der Waals surface area contributed by atoms with Crippen molar-refractivity contribution in [2.45, 2.75) is 43.9 Å². The molecule has 1 fully saturated rings. The van der Waals surface area contributed by atoms with E-state index in [0.29, 0.717) is 36.6 Å². The van der Waals surface area contributed by atoms with Gasteiger partial charge in [-0.2, -0.15) is 0 Å². The molecule has 1 saturated heterocycles. The lowest BCUT2D eigenvalue weighted by Gasteiger charge is -2.30. The molecule has 0 aromatic heterocycles. The highest BCUT2D eigenvalue weighted by Gasteiger charge is 2.46. The van der Waals surface area contributed by atoms with E-state index in [1.165, 1.54) is 24.3 Å². The third-order valence-electron chi connectivity index (χ3n) is 5.83. The maximum absolute atomic E-state index is 13.1. The first kappa shape index (κ1) is 28.0. The van der Waals surface area contributed by atoms with Crippen molar-refractivity contribution in [3.63, 3.8) is 0 Å². The van der Waals surface area contributed by atoms with Crippen LogP contribution in [0.25, 0.3) is 0 Å². The summed E-state index contributed by atoms with van der Waals surface area (Å²) in [6.07, 6.45) is -2.61. The summed E-state index contributed by atoms with van der Waals surface area (Å²) in [5, 5.41) is 20.7. The Balaban J connectivity index is 1.61. The predicted octanol–water partition coefficient (Wildman–Crippen LogP) is 1.66. The lowest BCUT2D eigenvalue weighted by molar-refractivity contribution is -0.149. The fourth-order valence-corrected chi connectivity index (χ4v) is 4.97. The summed E-state index contributed by atoms with van der Waals surface area (Å²) in [7, 11) is -2.96. The van der Waals surface area contributed by atoms with Gasteiger partial charge in [-0.3, -0.25) is 14.8 Å². The summed E-state index contributed by atoms with van der Waals surface area (Å²) in [6.45, 7) is 0.664. The highest BCUT2D eigenvalue weighted by molar-refractivity contribution is 7.91. The molecule has 37 heavy (non-hydrogen) atoms. The Morgan fingerprint density at radius 3 is 2.03 bits per heavy atom. The number of sulfone groups is 1. The molecule has 4 N–H and O–H groups in total. The molecule has 0 bridgehead atoms. The molecule has 198 valence electrons. The fraction of sp³-hybridized carbons (Fsp3) is 0.360. The van der Waals surface area contributed by atoms with Crippen LogP contribution in [0.15, 0.2) is 48.5 Å². The summed E-state index contributed by atoms with van der Waals surface area (Å²) in [5.74, 6) is 4.42. The van der Waals surface area contributed by atoms with Crippen molar-refractivity contribution < 1.29 is 41.8 Å². The standard InChI is InChI=1S/C25H26F2N2O7S/c1-25(32,24(26)27)21(23(31)29-33)28-22(30)18-8-4-16(5-9-18)2-3-17-6-10-19(11-7-17)36-20-12-14-37(34,35)15-13-20/h4-11,20-21,24,32-33H,12-15H2,1H3,(H,28,30)(H,29,31)/t21?,25-/m0/s1. The van der Waals surface area contributed by atoms with Gasteiger partial charge in [0, 0.05) is 16.7 Å². The maximum atomic E-state index is 13.1. The second-order valence-corrected chi connectivity index (χ2v) is 11.0. The Kier molecular flexibility index (Phi) is 8.85. The quantitative estimate of drug-likeness (QED) is 0.240. The Bertz CT molecular complexity index is 1270. The molecule has 0 spiro atoms. The molecule has 9 nitrogen and oxygen atoms in total.